The molecule has 0 fully saturated rings. The van der Waals surface area contributed by atoms with Crippen molar-refractivity contribution in [1.82, 2.24) is 10.3 Å². The van der Waals surface area contributed by atoms with E-state index < -0.39 is 17.1 Å². The average Bonchev–Trinajstić information content (AvgIpc) is 2.95. The fraction of sp³-hybridized carbons (Fsp3) is 0.381. The zero-order chi connectivity index (χ0) is 20.2. The van der Waals surface area contributed by atoms with Gasteiger partial charge < -0.3 is 14.5 Å². The van der Waals surface area contributed by atoms with Gasteiger partial charge in [0.25, 0.3) is 0 Å². The highest BCUT2D eigenvalue weighted by molar-refractivity contribution is 6.04. The lowest BCUT2D eigenvalue weighted by Crippen LogP contribution is -2.35. The molecule has 0 saturated carbocycles. The highest BCUT2D eigenvalue weighted by Gasteiger charge is 2.26. The predicted molar refractivity (Wildman–Crippen MR) is 105 cm³/mol. The number of aldehydes is 1. The van der Waals surface area contributed by atoms with E-state index in [0.29, 0.717) is 0 Å². The van der Waals surface area contributed by atoms with Crippen LogP contribution < -0.4 is 5.32 Å². The number of hydrogen-bond donors (Lipinski definition) is 2. The Labute approximate surface area is 159 Å². The van der Waals surface area contributed by atoms with Crippen molar-refractivity contribution >= 4 is 35.1 Å². The number of carbonyl (C=O) groups is 3. The molecule has 0 aliphatic heterocycles. The molecule has 0 aliphatic carbocycles. The van der Waals surface area contributed by atoms with E-state index in [1.165, 1.54) is 0 Å². The molecule has 2 N–H and O–H groups in total. The van der Waals surface area contributed by atoms with Crippen LogP contribution in [0.3, 0.4) is 0 Å². The Morgan fingerprint density at radius 2 is 1.81 bits per heavy atom. The highest BCUT2D eigenvalue weighted by atomic mass is 16.6. The number of alkyl carbamates (subject to hydrolysis) is 1. The minimum absolute atomic E-state index is 0.0273. The summed E-state index contributed by atoms with van der Waals surface area (Å²) < 4.78 is 5.26. The van der Waals surface area contributed by atoms with Gasteiger partial charge in [0, 0.05) is 34.5 Å². The molecular formula is C21H26N2O4. The van der Waals surface area contributed by atoms with Gasteiger partial charge in [0.1, 0.15) is 11.9 Å². The quantitative estimate of drug-likeness (QED) is 0.589. The number of ketones is 1. The lowest BCUT2D eigenvalue weighted by Gasteiger charge is -2.21. The predicted octanol–water partition coefficient (Wildman–Crippen LogP) is 4.22. The number of carbonyl (C=O) groups excluding carboxylic acids is 3. The molecule has 2 rings (SSSR count). The van der Waals surface area contributed by atoms with Crippen molar-refractivity contribution in [3.63, 3.8) is 0 Å². The molecule has 0 spiro atoms. The summed E-state index contributed by atoms with van der Waals surface area (Å²) in [7, 11) is 0. The summed E-state index contributed by atoms with van der Waals surface area (Å²) in [6.45, 7) is 8.58. The summed E-state index contributed by atoms with van der Waals surface area (Å²) in [6, 6.07) is 7.64. The van der Waals surface area contributed by atoms with Crippen molar-refractivity contribution in [2.45, 2.75) is 46.6 Å². The number of fused-ring (bicyclic) bond motifs is 1. The first-order chi connectivity index (χ1) is 12.5. The number of rotatable bonds is 6. The molecule has 27 heavy (non-hydrogen) atoms. The van der Waals surface area contributed by atoms with Crippen molar-refractivity contribution < 1.29 is 19.1 Å². The maximum atomic E-state index is 12.8. The lowest BCUT2D eigenvalue weighted by atomic mass is 9.88. The second-order valence-electron chi connectivity index (χ2n) is 8.18. The van der Waals surface area contributed by atoms with Gasteiger partial charge in [-0.25, -0.2) is 4.79 Å². The van der Waals surface area contributed by atoms with E-state index in [1.807, 2.05) is 24.3 Å². The fourth-order valence-electron chi connectivity index (χ4n) is 2.52. The number of amides is 1. The van der Waals surface area contributed by atoms with Gasteiger partial charge in [0.15, 0.2) is 5.78 Å². The standard InChI is InChI=1S/C21H26N2O4/c1-20(2,3)27-19(26)23-17(18(25)11-21(4,5)13-24)10-14-12-22-16-9-7-6-8-15(14)16/h6-10,12-13,22H,11H2,1-5H3,(H,23,26)/b17-10-. The third-order valence-corrected chi connectivity index (χ3v) is 3.79. The minimum Gasteiger partial charge on any atom is -0.444 e. The number of nitrogens with one attached hydrogen (secondary N) is 2. The topological polar surface area (TPSA) is 88.3 Å². The van der Waals surface area contributed by atoms with E-state index in [4.69, 9.17) is 4.74 Å². The number of para-hydroxylation sites is 1. The van der Waals surface area contributed by atoms with Crippen LogP contribution in [0.25, 0.3) is 17.0 Å². The zero-order valence-corrected chi connectivity index (χ0v) is 16.4. The molecule has 0 bridgehead atoms. The summed E-state index contributed by atoms with van der Waals surface area (Å²) in [5.41, 5.74) is 0.242. The Morgan fingerprint density at radius 1 is 1.15 bits per heavy atom. The van der Waals surface area contributed by atoms with Gasteiger partial charge in [-0.15, -0.1) is 0 Å². The Morgan fingerprint density at radius 3 is 2.44 bits per heavy atom. The molecule has 6 heteroatoms. The van der Waals surface area contributed by atoms with E-state index in [0.717, 1.165) is 22.8 Å². The second-order valence-corrected chi connectivity index (χ2v) is 8.18. The van der Waals surface area contributed by atoms with Crippen LogP contribution in [0, 0.1) is 5.41 Å². The molecule has 0 radical (unpaired) electrons. The fourth-order valence-corrected chi connectivity index (χ4v) is 2.52. The van der Waals surface area contributed by atoms with Gasteiger partial charge in [0.2, 0.25) is 0 Å². The first-order valence-electron chi connectivity index (χ1n) is 8.78. The molecule has 0 atom stereocenters. The van der Waals surface area contributed by atoms with Crippen LogP contribution >= 0.6 is 0 Å². The minimum atomic E-state index is -0.827. The molecule has 6 nitrogen and oxygen atoms in total. The van der Waals surface area contributed by atoms with Crippen LogP contribution in [-0.2, 0) is 14.3 Å². The number of ether oxygens (including phenoxy) is 1. The number of H-pyrrole nitrogens is 1. The summed E-state index contributed by atoms with van der Waals surface area (Å²) in [5, 5.41) is 3.46. The number of allylic oxidation sites excluding steroid dienone is 1. The molecule has 1 aromatic carbocycles. The monoisotopic (exact) mass is 370 g/mol. The van der Waals surface area contributed by atoms with E-state index >= 15 is 0 Å². The summed E-state index contributed by atoms with van der Waals surface area (Å²) >= 11 is 0. The summed E-state index contributed by atoms with van der Waals surface area (Å²) in [4.78, 5) is 39.3. The molecule has 1 heterocycles. The summed E-state index contributed by atoms with van der Waals surface area (Å²) in [6.07, 6.45) is 3.36. The molecule has 0 saturated heterocycles. The largest absolute Gasteiger partial charge is 0.444 e. The lowest BCUT2D eigenvalue weighted by molar-refractivity contribution is -0.123. The van der Waals surface area contributed by atoms with Crippen molar-refractivity contribution in [2.75, 3.05) is 0 Å². The van der Waals surface area contributed by atoms with Crippen molar-refractivity contribution in [1.29, 1.82) is 0 Å². The Hall–Kier alpha value is -2.89. The number of aromatic nitrogens is 1. The molecule has 1 aromatic heterocycles. The van der Waals surface area contributed by atoms with Gasteiger partial charge in [-0.1, -0.05) is 32.0 Å². The molecular weight excluding hydrogens is 344 g/mol. The van der Waals surface area contributed by atoms with Crippen LogP contribution in [0.2, 0.25) is 0 Å². The van der Waals surface area contributed by atoms with Crippen molar-refractivity contribution in [3.8, 4) is 0 Å². The molecule has 0 unspecified atom stereocenters. The van der Waals surface area contributed by atoms with Gasteiger partial charge in [-0.3, -0.25) is 10.1 Å². The van der Waals surface area contributed by atoms with Crippen molar-refractivity contribution in [2.24, 2.45) is 5.41 Å². The van der Waals surface area contributed by atoms with Crippen molar-refractivity contribution in [3.05, 3.63) is 41.7 Å². The van der Waals surface area contributed by atoms with Crippen LogP contribution in [0.4, 0.5) is 4.79 Å². The van der Waals surface area contributed by atoms with Crippen LogP contribution in [0.5, 0.6) is 0 Å². The maximum absolute atomic E-state index is 12.8. The molecule has 1 amide bonds. The molecule has 144 valence electrons. The number of aromatic amines is 1. The smallest absolute Gasteiger partial charge is 0.412 e. The normalized spacial score (nSPS) is 12.7. The second kappa shape index (κ2) is 7.78. The van der Waals surface area contributed by atoms with E-state index in [9.17, 15) is 14.4 Å². The Balaban J connectivity index is 2.38. The average molecular weight is 370 g/mol. The van der Waals surface area contributed by atoms with Gasteiger partial charge in [0.05, 0.1) is 5.70 Å². The van der Waals surface area contributed by atoms with Gasteiger partial charge in [-0.2, -0.15) is 0 Å². The van der Waals surface area contributed by atoms with E-state index in [-0.39, 0.29) is 17.9 Å². The van der Waals surface area contributed by atoms with Crippen LogP contribution in [0.15, 0.2) is 36.2 Å². The number of hydrogen-bond acceptors (Lipinski definition) is 4. The van der Waals surface area contributed by atoms with E-state index in [1.54, 1.807) is 46.9 Å². The maximum Gasteiger partial charge on any atom is 0.412 e. The number of benzene rings is 1. The zero-order valence-electron chi connectivity index (χ0n) is 16.4. The molecule has 2 aromatic rings. The number of Topliss-reactive ketones (excluding diaryl/α,β-unsaturated/α-hetero) is 1. The van der Waals surface area contributed by atoms with Crippen LogP contribution in [-0.4, -0.2) is 28.7 Å². The third-order valence-electron chi connectivity index (χ3n) is 3.79. The Bertz CT molecular complexity index is 885. The van der Waals surface area contributed by atoms with Crippen LogP contribution in [0.1, 0.15) is 46.6 Å². The third kappa shape index (κ3) is 5.81. The van der Waals surface area contributed by atoms with Gasteiger partial charge >= 0.3 is 6.09 Å². The first-order valence-corrected chi connectivity index (χ1v) is 8.78. The SMILES string of the molecule is CC(C)(C=O)CC(=O)/C(=C/c1c[nH]c2ccccc12)NC(=O)OC(C)(C)C. The summed E-state index contributed by atoms with van der Waals surface area (Å²) in [5.74, 6) is -0.344. The van der Waals surface area contributed by atoms with E-state index in [2.05, 4.69) is 10.3 Å². The highest BCUT2D eigenvalue weighted by Crippen LogP contribution is 2.23. The first kappa shape index (κ1) is 20.4. The van der Waals surface area contributed by atoms with Gasteiger partial charge in [-0.05, 0) is 32.9 Å². The molecule has 0 aliphatic rings. The Kier molecular flexibility index (Phi) is 5.88.